The molecule has 1 aliphatic heterocycles. The average molecular weight is 397 g/mol. The predicted octanol–water partition coefficient (Wildman–Crippen LogP) is 4.53. The van der Waals surface area contributed by atoms with E-state index < -0.39 is 6.09 Å². The molecule has 1 amide bonds. The summed E-state index contributed by atoms with van der Waals surface area (Å²) in [5.74, 6) is 1.30. The Morgan fingerprint density at radius 1 is 1.37 bits per heavy atom. The van der Waals surface area contributed by atoms with Crippen molar-refractivity contribution in [3.8, 4) is 5.75 Å². The molecule has 2 rings (SSSR count). The Morgan fingerprint density at radius 2 is 2.00 bits per heavy atom. The number of hydrogen-bond donors (Lipinski definition) is 1. The van der Waals surface area contributed by atoms with Crippen molar-refractivity contribution in [2.45, 2.75) is 65.5 Å². The van der Waals surface area contributed by atoms with Crippen LogP contribution < -0.4 is 10.1 Å². The molecule has 0 aromatic heterocycles. The van der Waals surface area contributed by atoms with Crippen LogP contribution in [0.3, 0.4) is 0 Å². The van der Waals surface area contributed by atoms with Gasteiger partial charge in [-0.15, -0.1) is 0 Å². The van der Waals surface area contributed by atoms with Crippen molar-refractivity contribution in [3.05, 3.63) is 27.8 Å². The number of nitrogens with zero attached hydrogens (tertiary/aromatic N) is 1. The van der Waals surface area contributed by atoms with E-state index in [1.807, 2.05) is 26.8 Å². The first-order valence-corrected chi connectivity index (χ1v) is 9.96. The number of amides is 1. The highest BCUT2D eigenvalue weighted by atomic mass is 35.5. The van der Waals surface area contributed by atoms with Crippen molar-refractivity contribution in [2.24, 2.45) is 0 Å². The first-order chi connectivity index (χ1) is 12.5. The zero-order valence-electron chi connectivity index (χ0n) is 17.6. The van der Waals surface area contributed by atoms with Crippen LogP contribution in [0.25, 0.3) is 0 Å². The van der Waals surface area contributed by atoms with E-state index in [1.165, 1.54) is 5.56 Å². The lowest BCUT2D eigenvalue weighted by Gasteiger charge is -2.43. The van der Waals surface area contributed by atoms with Gasteiger partial charge in [0.1, 0.15) is 5.75 Å². The summed E-state index contributed by atoms with van der Waals surface area (Å²) in [5, 5.41) is 3.53. The first kappa shape index (κ1) is 21.8. The van der Waals surface area contributed by atoms with E-state index in [-0.39, 0.29) is 12.1 Å². The monoisotopic (exact) mass is 396 g/mol. The van der Waals surface area contributed by atoms with Gasteiger partial charge in [-0.1, -0.05) is 11.6 Å². The number of carbonyl (C=O) groups excluding carboxylic acids is 1. The van der Waals surface area contributed by atoms with Crippen LogP contribution in [0.4, 0.5) is 4.79 Å². The molecule has 0 atom stereocenters. The fraction of sp³-hybridized carbons (Fsp3) is 0.667. The number of carbonyl (C=O) groups is 1. The van der Waals surface area contributed by atoms with Gasteiger partial charge in [0.15, 0.2) is 0 Å². The Labute approximate surface area is 168 Å². The molecule has 0 bridgehead atoms. The van der Waals surface area contributed by atoms with Crippen LogP contribution in [0, 0.1) is 6.92 Å². The molecule has 0 radical (unpaired) electrons. The zero-order valence-corrected chi connectivity index (χ0v) is 18.4. The van der Waals surface area contributed by atoms with E-state index in [1.54, 1.807) is 7.11 Å². The Hall–Kier alpha value is -1.46. The van der Waals surface area contributed by atoms with Crippen LogP contribution >= 0.6 is 11.6 Å². The summed E-state index contributed by atoms with van der Waals surface area (Å²) in [6, 6.07) is 2.48. The molecule has 152 valence electrons. The van der Waals surface area contributed by atoms with Crippen LogP contribution in [0.15, 0.2) is 6.07 Å². The maximum Gasteiger partial charge on any atom is 0.407 e. The van der Waals surface area contributed by atoms with Crippen LogP contribution in [0.1, 0.15) is 57.2 Å². The van der Waals surface area contributed by atoms with Crippen LogP contribution in [-0.4, -0.2) is 49.4 Å². The number of ether oxygens (including phenoxy) is 2. The normalized spacial score (nSPS) is 15.6. The Morgan fingerprint density at radius 3 is 2.52 bits per heavy atom. The maximum absolute atomic E-state index is 11.9. The average Bonchev–Trinajstić information content (AvgIpc) is 2.48. The van der Waals surface area contributed by atoms with Crippen molar-refractivity contribution >= 4 is 17.7 Å². The third-order valence-electron chi connectivity index (χ3n) is 4.93. The second-order valence-electron chi connectivity index (χ2n) is 8.59. The van der Waals surface area contributed by atoms with Crippen molar-refractivity contribution in [1.82, 2.24) is 10.2 Å². The third kappa shape index (κ3) is 5.52. The molecule has 5 nitrogen and oxygen atoms in total. The van der Waals surface area contributed by atoms with E-state index in [0.717, 1.165) is 35.0 Å². The summed E-state index contributed by atoms with van der Waals surface area (Å²) in [4.78, 5) is 14.3. The SMILES string of the molecule is COc1c(CCOC(=O)NC(C)(C)C)cc(Cl)c(C)c1C1CN(C(C)C)C1. The highest BCUT2D eigenvalue weighted by Gasteiger charge is 2.34. The van der Waals surface area contributed by atoms with Gasteiger partial charge in [0.2, 0.25) is 0 Å². The van der Waals surface area contributed by atoms with Gasteiger partial charge in [0, 0.05) is 47.6 Å². The number of benzene rings is 1. The molecular weight excluding hydrogens is 364 g/mol. The highest BCUT2D eigenvalue weighted by molar-refractivity contribution is 6.31. The summed E-state index contributed by atoms with van der Waals surface area (Å²) in [7, 11) is 1.70. The standard InChI is InChI=1S/C21H33ClN2O3/c1-13(2)24-11-16(12-24)18-14(3)17(22)10-15(19(18)26-7)8-9-27-20(25)23-21(4,5)6/h10,13,16H,8-9,11-12H2,1-7H3,(H,23,25). The lowest BCUT2D eigenvalue weighted by Crippen LogP contribution is -2.48. The van der Waals surface area contributed by atoms with Crippen LogP contribution in [0.2, 0.25) is 5.02 Å². The van der Waals surface area contributed by atoms with Crippen LogP contribution in [0.5, 0.6) is 5.75 Å². The zero-order chi connectivity index (χ0) is 20.4. The molecule has 1 saturated heterocycles. The van der Waals surface area contributed by atoms with E-state index >= 15 is 0 Å². The second-order valence-corrected chi connectivity index (χ2v) is 9.00. The molecule has 1 aromatic carbocycles. The van der Waals surface area contributed by atoms with Gasteiger partial charge in [-0.05, 0) is 58.7 Å². The van der Waals surface area contributed by atoms with E-state index in [9.17, 15) is 4.79 Å². The molecule has 0 saturated carbocycles. The fourth-order valence-electron chi connectivity index (χ4n) is 3.43. The van der Waals surface area contributed by atoms with Crippen molar-refractivity contribution in [1.29, 1.82) is 0 Å². The summed E-state index contributed by atoms with van der Waals surface area (Å²) < 4.78 is 11.1. The molecular formula is C21H33ClN2O3. The molecule has 0 unspecified atom stereocenters. The predicted molar refractivity (Wildman–Crippen MR) is 110 cm³/mol. The van der Waals surface area contributed by atoms with E-state index in [2.05, 4.69) is 31.0 Å². The third-order valence-corrected chi connectivity index (χ3v) is 5.33. The van der Waals surface area contributed by atoms with Crippen molar-refractivity contribution in [3.63, 3.8) is 0 Å². The van der Waals surface area contributed by atoms with Gasteiger partial charge in [0.25, 0.3) is 0 Å². The number of likely N-dealkylation sites (tertiary alicyclic amines) is 1. The summed E-state index contributed by atoms with van der Waals surface area (Å²) in [5.41, 5.74) is 2.93. The van der Waals surface area contributed by atoms with Gasteiger partial charge in [-0.25, -0.2) is 4.79 Å². The van der Waals surface area contributed by atoms with Crippen LogP contribution in [-0.2, 0) is 11.2 Å². The number of alkyl carbamates (subject to hydrolysis) is 1. The quantitative estimate of drug-likeness (QED) is 0.767. The summed E-state index contributed by atoms with van der Waals surface area (Å²) in [6.45, 7) is 14.5. The molecule has 1 aliphatic rings. The molecule has 0 aliphatic carbocycles. The first-order valence-electron chi connectivity index (χ1n) is 9.58. The number of methoxy groups -OCH3 is 1. The van der Waals surface area contributed by atoms with Crippen molar-refractivity contribution in [2.75, 3.05) is 26.8 Å². The molecule has 0 spiro atoms. The lowest BCUT2D eigenvalue weighted by atomic mass is 9.85. The smallest absolute Gasteiger partial charge is 0.407 e. The largest absolute Gasteiger partial charge is 0.496 e. The van der Waals surface area contributed by atoms with E-state index in [0.29, 0.717) is 18.4 Å². The van der Waals surface area contributed by atoms with E-state index in [4.69, 9.17) is 21.1 Å². The number of nitrogens with one attached hydrogen (secondary N) is 1. The summed E-state index contributed by atoms with van der Waals surface area (Å²) in [6.07, 6.45) is 0.153. The van der Waals surface area contributed by atoms with Gasteiger partial charge < -0.3 is 14.8 Å². The van der Waals surface area contributed by atoms with Gasteiger partial charge in [-0.2, -0.15) is 0 Å². The highest BCUT2D eigenvalue weighted by Crippen LogP contribution is 2.41. The minimum absolute atomic E-state index is 0.278. The fourth-order valence-corrected chi connectivity index (χ4v) is 3.66. The minimum Gasteiger partial charge on any atom is -0.496 e. The molecule has 1 fully saturated rings. The molecule has 27 heavy (non-hydrogen) atoms. The maximum atomic E-state index is 11.9. The molecule has 1 N–H and O–H groups in total. The molecule has 1 aromatic rings. The Balaban J connectivity index is 2.12. The molecule has 1 heterocycles. The van der Waals surface area contributed by atoms with Gasteiger partial charge >= 0.3 is 6.09 Å². The lowest BCUT2D eigenvalue weighted by molar-refractivity contribution is 0.108. The minimum atomic E-state index is -0.411. The summed E-state index contributed by atoms with van der Waals surface area (Å²) >= 11 is 6.51. The van der Waals surface area contributed by atoms with Gasteiger partial charge in [-0.3, -0.25) is 4.90 Å². The van der Waals surface area contributed by atoms with Crippen molar-refractivity contribution < 1.29 is 14.3 Å². The Bertz CT molecular complexity index is 677. The number of rotatable bonds is 6. The molecule has 6 heteroatoms. The van der Waals surface area contributed by atoms with Gasteiger partial charge in [0.05, 0.1) is 13.7 Å². The second kappa shape index (κ2) is 8.70. The Kier molecular flexibility index (Phi) is 7.03. The number of hydrogen-bond acceptors (Lipinski definition) is 4. The number of halogens is 1. The topological polar surface area (TPSA) is 50.8 Å².